The number of aromatic hydroxyl groups is 1. The number of aryl methyl sites for hydroxylation is 1. The molecule has 94 valence electrons. The van der Waals surface area contributed by atoms with Crippen LogP contribution in [0.2, 0.25) is 0 Å². The smallest absolute Gasteiger partial charge is 0.126 e. The second kappa shape index (κ2) is 4.30. The van der Waals surface area contributed by atoms with Crippen LogP contribution in [-0.2, 0) is 5.54 Å². The van der Waals surface area contributed by atoms with Gasteiger partial charge in [-0.3, -0.25) is 0 Å². The molecule has 2 rings (SSSR count). The molecule has 0 atom stereocenters. The second-order valence-corrected chi connectivity index (χ2v) is 5.24. The van der Waals surface area contributed by atoms with Crippen LogP contribution in [0.25, 0.3) is 0 Å². The van der Waals surface area contributed by atoms with Gasteiger partial charge in [0.2, 0.25) is 0 Å². The quantitative estimate of drug-likeness (QED) is 0.787. The molecule has 0 unspecified atom stereocenters. The molecule has 1 aromatic rings. The van der Waals surface area contributed by atoms with Gasteiger partial charge in [-0.15, -0.1) is 0 Å². The fourth-order valence-electron chi connectivity index (χ4n) is 2.90. The lowest BCUT2D eigenvalue weighted by molar-refractivity contribution is 0.289. The Morgan fingerprint density at radius 1 is 1.24 bits per heavy atom. The first-order valence-electron chi connectivity index (χ1n) is 6.24. The van der Waals surface area contributed by atoms with E-state index < -0.39 is 5.54 Å². The first-order chi connectivity index (χ1) is 7.96. The van der Waals surface area contributed by atoms with Crippen LogP contribution in [0.1, 0.15) is 48.8 Å². The summed E-state index contributed by atoms with van der Waals surface area (Å²) < 4.78 is 13.8. The van der Waals surface area contributed by atoms with Crippen molar-refractivity contribution >= 4 is 0 Å². The van der Waals surface area contributed by atoms with E-state index in [0.717, 1.165) is 25.7 Å². The maximum atomic E-state index is 13.8. The van der Waals surface area contributed by atoms with Crippen LogP contribution in [0.5, 0.6) is 5.75 Å². The standard InChI is InChI=1S/C14H20FNO/c1-9-8-11(15)10(2)12(13(9)17)14(16)6-4-3-5-7-14/h8,17H,3-7,16H2,1-2H3. The summed E-state index contributed by atoms with van der Waals surface area (Å²) in [6, 6.07) is 1.38. The van der Waals surface area contributed by atoms with Crippen molar-refractivity contribution < 1.29 is 9.50 Å². The molecule has 0 aromatic heterocycles. The largest absolute Gasteiger partial charge is 0.507 e. The highest BCUT2D eigenvalue weighted by Gasteiger charge is 2.34. The van der Waals surface area contributed by atoms with Crippen LogP contribution >= 0.6 is 0 Å². The minimum atomic E-state index is -0.556. The van der Waals surface area contributed by atoms with Crippen LogP contribution in [0.3, 0.4) is 0 Å². The molecule has 0 amide bonds. The lowest BCUT2D eigenvalue weighted by Gasteiger charge is -2.36. The van der Waals surface area contributed by atoms with Crippen molar-refractivity contribution in [1.82, 2.24) is 0 Å². The number of hydrogen-bond donors (Lipinski definition) is 2. The van der Waals surface area contributed by atoms with Crippen LogP contribution in [0, 0.1) is 19.7 Å². The van der Waals surface area contributed by atoms with Gasteiger partial charge in [-0.2, -0.15) is 0 Å². The summed E-state index contributed by atoms with van der Waals surface area (Å²) in [5.74, 6) is -0.0981. The lowest BCUT2D eigenvalue weighted by Crippen LogP contribution is -2.39. The average molecular weight is 237 g/mol. The third-order valence-electron chi connectivity index (χ3n) is 3.93. The highest BCUT2D eigenvalue weighted by Crippen LogP contribution is 2.42. The van der Waals surface area contributed by atoms with Gasteiger partial charge in [-0.1, -0.05) is 19.3 Å². The predicted octanol–water partition coefficient (Wildman–Crippen LogP) is 3.27. The van der Waals surface area contributed by atoms with Gasteiger partial charge in [0, 0.05) is 11.1 Å². The molecule has 3 N–H and O–H groups in total. The Morgan fingerprint density at radius 2 is 1.82 bits per heavy atom. The molecule has 1 aromatic carbocycles. The molecular formula is C14H20FNO. The Kier molecular flexibility index (Phi) is 3.13. The number of phenolic OH excluding ortho intramolecular Hbond substituents is 1. The van der Waals surface area contributed by atoms with E-state index in [0.29, 0.717) is 16.7 Å². The first-order valence-corrected chi connectivity index (χ1v) is 6.24. The number of benzene rings is 1. The summed E-state index contributed by atoms with van der Waals surface area (Å²) in [5.41, 5.74) is 7.52. The maximum absolute atomic E-state index is 13.8. The molecule has 17 heavy (non-hydrogen) atoms. The van der Waals surface area contributed by atoms with E-state index >= 15 is 0 Å². The molecule has 0 spiro atoms. The zero-order chi connectivity index (χ0) is 12.6. The molecule has 2 nitrogen and oxygen atoms in total. The molecule has 1 saturated carbocycles. The normalized spacial score (nSPS) is 19.3. The van der Waals surface area contributed by atoms with E-state index in [9.17, 15) is 9.50 Å². The summed E-state index contributed by atoms with van der Waals surface area (Å²) in [7, 11) is 0. The van der Waals surface area contributed by atoms with Crippen LogP contribution in [0.15, 0.2) is 6.07 Å². The summed E-state index contributed by atoms with van der Waals surface area (Å²) in [6.45, 7) is 3.42. The number of rotatable bonds is 1. The molecule has 3 heteroatoms. The fourth-order valence-corrected chi connectivity index (χ4v) is 2.90. The van der Waals surface area contributed by atoms with Gasteiger partial charge in [0.05, 0.1) is 0 Å². The van der Waals surface area contributed by atoms with Gasteiger partial charge in [0.15, 0.2) is 0 Å². The molecule has 1 aliphatic rings. The minimum absolute atomic E-state index is 0.174. The zero-order valence-electron chi connectivity index (χ0n) is 10.5. The van der Waals surface area contributed by atoms with E-state index in [1.165, 1.54) is 12.5 Å². The van der Waals surface area contributed by atoms with Gasteiger partial charge in [0.1, 0.15) is 11.6 Å². The molecular weight excluding hydrogens is 217 g/mol. The van der Waals surface area contributed by atoms with E-state index in [-0.39, 0.29) is 11.6 Å². The molecule has 0 saturated heterocycles. The molecule has 1 aliphatic carbocycles. The van der Waals surface area contributed by atoms with Gasteiger partial charge in [-0.25, -0.2) is 4.39 Å². The number of nitrogens with two attached hydrogens (primary N) is 1. The number of phenols is 1. The average Bonchev–Trinajstić information content (AvgIpc) is 2.27. The predicted molar refractivity (Wildman–Crippen MR) is 66.5 cm³/mol. The Morgan fingerprint density at radius 3 is 2.41 bits per heavy atom. The Hall–Kier alpha value is -1.09. The zero-order valence-corrected chi connectivity index (χ0v) is 10.5. The Balaban J connectivity index is 2.57. The molecule has 1 fully saturated rings. The first kappa shape index (κ1) is 12.4. The highest BCUT2D eigenvalue weighted by atomic mass is 19.1. The highest BCUT2D eigenvalue weighted by molar-refractivity contribution is 5.49. The molecule has 0 aliphatic heterocycles. The number of hydrogen-bond acceptors (Lipinski definition) is 2. The van der Waals surface area contributed by atoms with Crippen molar-refractivity contribution in [2.24, 2.45) is 5.73 Å². The van der Waals surface area contributed by atoms with Gasteiger partial charge in [0.25, 0.3) is 0 Å². The van der Waals surface area contributed by atoms with Crippen LogP contribution in [0.4, 0.5) is 4.39 Å². The summed E-state index contributed by atoms with van der Waals surface area (Å²) in [5, 5.41) is 10.2. The fraction of sp³-hybridized carbons (Fsp3) is 0.571. The van der Waals surface area contributed by atoms with Crippen molar-refractivity contribution in [3.63, 3.8) is 0 Å². The third kappa shape index (κ3) is 2.04. The van der Waals surface area contributed by atoms with E-state index in [1.54, 1.807) is 13.8 Å². The summed E-state index contributed by atoms with van der Waals surface area (Å²) in [4.78, 5) is 0. The monoisotopic (exact) mass is 237 g/mol. The summed E-state index contributed by atoms with van der Waals surface area (Å²) >= 11 is 0. The SMILES string of the molecule is Cc1cc(F)c(C)c(C2(N)CCCCC2)c1O. The van der Waals surface area contributed by atoms with Crippen molar-refractivity contribution in [3.8, 4) is 5.75 Å². The van der Waals surface area contributed by atoms with E-state index in [4.69, 9.17) is 5.73 Å². The molecule has 0 radical (unpaired) electrons. The topological polar surface area (TPSA) is 46.2 Å². The van der Waals surface area contributed by atoms with Gasteiger partial charge >= 0.3 is 0 Å². The van der Waals surface area contributed by atoms with Crippen LogP contribution < -0.4 is 5.73 Å². The Bertz CT molecular complexity index is 410. The lowest BCUT2D eigenvalue weighted by atomic mass is 9.75. The van der Waals surface area contributed by atoms with Crippen molar-refractivity contribution in [2.75, 3.05) is 0 Å². The van der Waals surface area contributed by atoms with Gasteiger partial charge in [-0.05, 0) is 43.9 Å². The van der Waals surface area contributed by atoms with Crippen molar-refractivity contribution in [3.05, 3.63) is 28.6 Å². The minimum Gasteiger partial charge on any atom is -0.507 e. The summed E-state index contributed by atoms with van der Waals surface area (Å²) in [6.07, 6.45) is 4.91. The van der Waals surface area contributed by atoms with E-state index in [2.05, 4.69) is 0 Å². The van der Waals surface area contributed by atoms with Crippen LogP contribution in [-0.4, -0.2) is 5.11 Å². The number of halogens is 1. The third-order valence-corrected chi connectivity index (χ3v) is 3.93. The molecule has 0 heterocycles. The van der Waals surface area contributed by atoms with Crippen molar-refractivity contribution in [1.29, 1.82) is 0 Å². The van der Waals surface area contributed by atoms with Gasteiger partial charge < -0.3 is 10.8 Å². The maximum Gasteiger partial charge on any atom is 0.126 e. The molecule has 0 bridgehead atoms. The second-order valence-electron chi connectivity index (χ2n) is 5.24. The van der Waals surface area contributed by atoms with E-state index in [1.807, 2.05) is 0 Å². The Labute approximate surface area is 102 Å². The van der Waals surface area contributed by atoms with Crippen molar-refractivity contribution in [2.45, 2.75) is 51.5 Å².